The van der Waals surface area contributed by atoms with E-state index in [2.05, 4.69) is 21.2 Å². The molecule has 5 nitrogen and oxygen atoms in total. The van der Waals surface area contributed by atoms with E-state index in [1.165, 1.54) is 4.90 Å². The first-order valence-electron chi connectivity index (χ1n) is 8.82. The van der Waals surface area contributed by atoms with Gasteiger partial charge >= 0.3 is 0 Å². The monoisotopic (exact) mass is 452 g/mol. The lowest BCUT2D eigenvalue weighted by Crippen LogP contribution is -2.62. The zero-order chi connectivity index (χ0) is 19.8. The number of anilines is 2. The van der Waals surface area contributed by atoms with Crippen LogP contribution in [0.15, 0.2) is 46.9 Å². The van der Waals surface area contributed by atoms with Gasteiger partial charge in [0.2, 0.25) is 12.1 Å². The van der Waals surface area contributed by atoms with Crippen molar-refractivity contribution in [2.75, 3.05) is 10.2 Å². The van der Waals surface area contributed by atoms with Crippen LogP contribution < -0.4 is 10.2 Å². The molecule has 1 aliphatic heterocycles. The van der Waals surface area contributed by atoms with Gasteiger partial charge in [0, 0.05) is 32.9 Å². The topological polar surface area (TPSA) is 72.8 Å². The molecule has 0 spiro atoms. The molecule has 0 amide bonds. The maximum absolute atomic E-state index is 13.3. The second-order valence-corrected chi connectivity index (χ2v) is 8.22. The quantitative estimate of drug-likeness (QED) is 0.623. The first kappa shape index (κ1) is 20.1. The van der Waals surface area contributed by atoms with Crippen molar-refractivity contribution < 1.29 is 15.0 Å². The van der Waals surface area contributed by atoms with E-state index >= 15 is 0 Å². The molecule has 7 heteroatoms. The Morgan fingerprint density at radius 3 is 2.63 bits per heavy atom. The Balaban J connectivity index is 2.18. The van der Waals surface area contributed by atoms with E-state index in [0.29, 0.717) is 22.0 Å². The highest BCUT2D eigenvalue weighted by Crippen LogP contribution is 2.43. The number of carbonyl (C=O) groups excluding carboxylic acids is 1. The van der Waals surface area contributed by atoms with Crippen LogP contribution in [0.3, 0.4) is 0 Å². The predicted octanol–water partition coefficient (Wildman–Crippen LogP) is 4.46. The van der Waals surface area contributed by atoms with Gasteiger partial charge in [0.05, 0.1) is 0 Å². The Kier molecular flexibility index (Phi) is 5.82. The molecular formula is C20H22BrClN2O3. The predicted molar refractivity (Wildman–Crippen MR) is 111 cm³/mol. The molecular weight excluding hydrogens is 432 g/mol. The van der Waals surface area contributed by atoms with Gasteiger partial charge in [-0.1, -0.05) is 47.8 Å². The molecule has 3 N–H and O–H groups in total. The molecule has 0 saturated carbocycles. The molecule has 1 heterocycles. The zero-order valence-corrected chi connectivity index (χ0v) is 17.5. The summed E-state index contributed by atoms with van der Waals surface area (Å²) >= 11 is 9.39. The number of benzene rings is 2. The Morgan fingerprint density at radius 2 is 2.00 bits per heavy atom. The van der Waals surface area contributed by atoms with Gasteiger partial charge in [-0.25, -0.2) is 0 Å². The number of Topliss-reactive ketones (excluding diaryl/α,β-unsaturated/α-hetero) is 1. The second-order valence-electron chi connectivity index (χ2n) is 6.87. The van der Waals surface area contributed by atoms with Crippen LogP contribution in [0.4, 0.5) is 11.4 Å². The van der Waals surface area contributed by atoms with Crippen molar-refractivity contribution in [1.29, 1.82) is 0 Å². The van der Waals surface area contributed by atoms with Crippen molar-refractivity contribution in [1.82, 2.24) is 0 Å². The summed E-state index contributed by atoms with van der Waals surface area (Å²) in [5, 5.41) is 25.9. The highest BCUT2D eigenvalue weighted by atomic mass is 79.9. The van der Waals surface area contributed by atoms with E-state index in [4.69, 9.17) is 11.6 Å². The minimum atomic E-state index is -2.01. The van der Waals surface area contributed by atoms with Crippen molar-refractivity contribution in [3.05, 3.63) is 57.5 Å². The number of fused-ring (bicyclic) bond motifs is 1. The van der Waals surface area contributed by atoms with Crippen molar-refractivity contribution in [2.24, 2.45) is 5.92 Å². The van der Waals surface area contributed by atoms with E-state index in [9.17, 15) is 15.0 Å². The minimum Gasteiger partial charge on any atom is -0.361 e. The lowest BCUT2D eigenvalue weighted by Gasteiger charge is -2.47. The summed E-state index contributed by atoms with van der Waals surface area (Å²) < 4.78 is 0.727. The molecule has 0 saturated heterocycles. The van der Waals surface area contributed by atoms with E-state index < -0.39 is 12.1 Å². The molecule has 27 heavy (non-hydrogen) atoms. The van der Waals surface area contributed by atoms with Gasteiger partial charge in [-0.15, -0.1) is 0 Å². The van der Waals surface area contributed by atoms with Crippen LogP contribution in [0, 0.1) is 5.92 Å². The van der Waals surface area contributed by atoms with Crippen LogP contribution in [0.5, 0.6) is 0 Å². The number of aliphatic hydroxyl groups excluding tert-OH is 1. The number of ketones is 1. The SMILES string of the molecule is CCC(C)CC(=O)C1(O)c2cc(Br)ccc2NC(O)N1c1ccc(Cl)cc1. The molecule has 3 atom stereocenters. The molecule has 3 unspecified atom stereocenters. The Hall–Kier alpha value is -1.60. The Morgan fingerprint density at radius 1 is 1.33 bits per heavy atom. The number of aliphatic hydroxyl groups is 2. The third-order valence-electron chi connectivity index (χ3n) is 4.96. The van der Waals surface area contributed by atoms with Crippen LogP contribution in [0.25, 0.3) is 0 Å². The third-order valence-corrected chi connectivity index (χ3v) is 5.70. The number of rotatable bonds is 5. The van der Waals surface area contributed by atoms with Gasteiger partial charge in [0.1, 0.15) is 0 Å². The van der Waals surface area contributed by atoms with E-state index in [1.54, 1.807) is 42.5 Å². The van der Waals surface area contributed by atoms with Crippen molar-refractivity contribution in [3.8, 4) is 0 Å². The molecule has 0 fully saturated rings. The first-order valence-corrected chi connectivity index (χ1v) is 9.99. The normalized spacial score (nSPS) is 22.7. The van der Waals surface area contributed by atoms with Gasteiger partial charge < -0.3 is 15.5 Å². The van der Waals surface area contributed by atoms with Crippen LogP contribution >= 0.6 is 27.5 Å². The number of nitrogens with zero attached hydrogens (tertiary/aromatic N) is 1. The molecule has 0 aromatic heterocycles. The Bertz CT molecular complexity index is 846. The fourth-order valence-corrected chi connectivity index (χ4v) is 3.75. The van der Waals surface area contributed by atoms with E-state index in [-0.39, 0.29) is 18.1 Å². The number of carbonyl (C=O) groups is 1. The molecule has 1 aliphatic rings. The maximum atomic E-state index is 13.3. The van der Waals surface area contributed by atoms with Gasteiger partial charge in [0.25, 0.3) is 0 Å². The van der Waals surface area contributed by atoms with Crippen molar-refractivity contribution in [2.45, 2.75) is 38.8 Å². The number of hydrogen-bond donors (Lipinski definition) is 3. The lowest BCUT2D eigenvalue weighted by atomic mass is 9.87. The molecule has 2 aromatic carbocycles. The molecule has 2 aromatic rings. The van der Waals surface area contributed by atoms with Crippen molar-refractivity contribution in [3.63, 3.8) is 0 Å². The van der Waals surface area contributed by atoms with Gasteiger partial charge in [-0.3, -0.25) is 9.69 Å². The van der Waals surface area contributed by atoms with Crippen LogP contribution in [-0.4, -0.2) is 22.3 Å². The highest BCUT2D eigenvalue weighted by molar-refractivity contribution is 9.10. The number of hydrogen-bond acceptors (Lipinski definition) is 5. The largest absolute Gasteiger partial charge is 0.361 e. The highest BCUT2D eigenvalue weighted by Gasteiger charge is 2.51. The van der Waals surface area contributed by atoms with E-state index in [0.717, 1.165) is 10.9 Å². The molecule has 0 aliphatic carbocycles. The summed E-state index contributed by atoms with van der Waals surface area (Å²) in [4.78, 5) is 14.6. The summed E-state index contributed by atoms with van der Waals surface area (Å²) in [6, 6.07) is 11.8. The molecule has 0 bridgehead atoms. The molecule has 3 rings (SSSR count). The zero-order valence-electron chi connectivity index (χ0n) is 15.1. The summed E-state index contributed by atoms with van der Waals surface area (Å²) in [7, 11) is 0. The number of halogens is 2. The fourth-order valence-electron chi connectivity index (χ4n) is 3.26. The van der Waals surface area contributed by atoms with Crippen LogP contribution in [0.1, 0.15) is 32.3 Å². The Labute approximate surface area is 172 Å². The summed E-state index contributed by atoms with van der Waals surface area (Å²) in [5.41, 5.74) is -0.632. The second kappa shape index (κ2) is 7.80. The molecule has 144 valence electrons. The summed E-state index contributed by atoms with van der Waals surface area (Å²) in [6.07, 6.45) is -0.282. The standard InChI is InChI=1S/C20H22BrClN2O3/c1-3-12(2)10-18(25)20(27)16-11-13(21)4-9-17(16)23-19(26)24(20)15-7-5-14(22)6-8-15/h4-9,11-12,19,23,26-27H,3,10H2,1-2H3. The third kappa shape index (κ3) is 3.72. The van der Waals surface area contributed by atoms with Crippen molar-refractivity contribution >= 4 is 44.7 Å². The van der Waals surface area contributed by atoms with Gasteiger partial charge in [-0.05, 0) is 48.4 Å². The van der Waals surface area contributed by atoms with Crippen LogP contribution in [-0.2, 0) is 10.5 Å². The van der Waals surface area contributed by atoms with E-state index in [1.807, 2.05) is 13.8 Å². The summed E-state index contributed by atoms with van der Waals surface area (Å²) in [6.45, 7) is 3.97. The maximum Gasteiger partial charge on any atom is 0.230 e. The van der Waals surface area contributed by atoms with Gasteiger partial charge in [-0.2, -0.15) is 0 Å². The minimum absolute atomic E-state index is 0.108. The first-order chi connectivity index (χ1) is 12.8. The average Bonchev–Trinajstić information content (AvgIpc) is 2.63. The van der Waals surface area contributed by atoms with Gasteiger partial charge in [0.15, 0.2) is 5.78 Å². The lowest BCUT2D eigenvalue weighted by molar-refractivity contribution is -0.142. The fraction of sp³-hybridized carbons (Fsp3) is 0.350. The smallest absolute Gasteiger partial charge is 0.230 e. The average molecular weight is 454 g/mol. The van der Waals surface area contributed by atoms with Crippen LogP contribution in [0.2, 0.25) is 5.02 Å². The summed E-state index contributed by atoms with van der Waals surface area (Å²) in [5.74, 6) is -0.261. The molecule has 0 radical (unpaired) electrons. The number of nitrogens with one attached hydrogen (secondary N) is 1.